The number of halogens is 1. The Morgan fingerprint density at radius 1 is 1.50 bits per heavy atom. The number of hydrogen-bond acceptors (Lipinski definition) is 3. The van der Waals surface area contributed by atoms with Crippen LogP contribution in [0.5, 0.6) is 11.5 Å². The zero-order valence-electron chi connectivity index (χ0n) is 8.72. The average molecular weight is 239 g/mol. The maximum atomic E-state index is 9.28. The van der Waals surface area contributed by atoms with E-state index in [9.17, 15) is 5.11 Å². The van der Waals surface area contributed by atoms with Gasteiger partial charge in [-0.15, -0.1) is 0 Å². The summed E-state index contributed by atoms with van der Waals surface area (Å²) in [6.45, 7) is 0.497. The maximum absolute atomic E-state index is 9.28. The smallest absolute Gasteiger partial charge is 0.173 e. The lowest BCUT2D eigenvalue weighted by Gasteiger charge is -2.05. The van der Waals surface area contributed by atoms with Gasteiger partial charge in [-0.1, -0.05) is 23.7 Å². The highest BCUT2D eigenvalue weighted by Gasteiger charge is 2.07. The van der Waals surface area contributed by atoms with Gasteiger partial charge in [-0.25, -0.2) is 4.68 Å². The van der Waals surface area contributed by atoms with Crippen LogP contribution in [0.25, 0.3) is 0 Å². The molecule has 84 valence electrons. The first-order chi connectivity index (χ1) is 7.70. The van der Waals surface area contributed by atoms with E-state index in [0.29, 0.717) is 6.54 Å². The van der Waals surface area contributed by atoms with Crippen LogP contribution in [0.4, 0.5) is 0 Å². The highest BCUT2D eigenvalue weighted by molar-refractivity contribution is 6.30. The van der Waals surface area contributed by atoms with Crippen molar-refractivity contribution in [3.63, 3.8) is 0 Å². The van der Waals surface area contributed by atoms with E-state index in [1.165, 1.54) is 10.9 Å². The van der Waals surface area contributed by atoms with Crippen LogP contribution in [-0.2, 0) is 6.54 Å². The van der Waals surface area contributed by atoms with Gasteiger partial charge in [-0.05, 0) is 17.7 Å². The number of aromatic nitrogens is 2. The van der Waals surface area contributed by atoms with Crippen LogP contribution in [0.3, 0.4) is 0 Å². The highest BCUT2D eigenvalue weighted by atomic mass is 35.5. The third-order valence-corrected chi connectivity index (χ3v) is 2.61. The number of hydrogen-bond donors (Lipinski definition) is 1. The molecule has 5 heteroatoms. The maximum Gasteiger partial charge on any atom is 0.173 e. The molecule has 1 aromatic heterocycles. The summed E-state index contributed by atoms with van der Waals surface area (Å²) >= 11 is 5.85. The predicted octanol–water partition coefficient (Wildman–Crippen LogP) is 2.30. The second-order valence-electron chi connectivity index (χ2n) is 3.33. The molecule has 0 saturated heterocycles. The molecular formula is C11H11ClN2O2. The molecule has 0 spiro atoms. The minimum Gasteiger partial charge on any atom is -0.504 e. The Kier molecular flexibility index (Phi) is 3.01. The summed E-state index contributed by atoms with van der Waals surface area (Å²) < 4.78 is 6.64. The van der Waals surface area contributed by atoms with E-state index in [1.807, 2.05) is 24.3 Å². The summed E-state index contributed by atoms with van der Waals surface area (Å²) in [5, 5.41) is 13.5. The zero-order valence-corrected chi connectivity index (χ0v) is 9.48. The molecule has 2 aromatic rings. The molecule has 0 aliphatic heterocycles. The van der Waals surface area contributed by atoms with E-state index in [2.05, 4.69) is 5.10 Å². The van der Waals surface area contributed by atoms with Gasteiger partial charge < -0.3 is 9.84 Å². The van der Waals surface area contributed by atoms with Crippen molar-refractivity contribution in [2.45, 2.75) is 6.54 Å². The standard InChI is InChI=1S/C11H11ClN2O2/c1-16-9-4-2-3-8(5-9)7-14-11(12)10(15)6-13-14/h2-6,15H,7H2,1H3. The topological polar surface area (TPSA) is 47.3 Å². The minimum atomic E-state index is -0.00966. The molecular weight excluding hydrogens is 228 g/mol. The van der Waals surface area contributed by atoms with Crippen molar-refractivity contribution in [1.82, 2.24) is 9.78 Å². The summed E-state index contributed by atoms with van der Waals surface area (Å²) in [6.07, 6.45) is 1.32. The fourth-order valence-corrected chi connectivity index (χ4v) is 1.57. The van der Waals surface area contributed by atoms with Crippen LogP contribution in [0.15, 0.2) is 30.5 Å². The molecule has 16 heavy (non-hydrogen) atoms. The molecule has 0 saturated carbocycles. The van der Waals surface area contributed by atoms with Gasteiger partial charge in [0.25, 0.3) is 0 Å². The first kappa shape index (κ1) is 10.8. The number of nitrogens with zero attached hydrogens (tertiary/aromatic N) is 2. The Labute approximate surface area is 98.0 Å². The van der Waals surface area contributed by atoms with Crippen molar-refractivity contribution in [1.29, 1.82) is 0 Å². The van der Waals surface area contributed by atoms with E-state index in [1.54, 1.807) is 7.11 Å². The molecule has 0 aliphatic rings. The SMILES string of the molecule is COc1cccc(Cn2ncc(O)c2Cl)c1. The van der Waals surface area contributed by atoms with Crippen molar-refractivity contribution < 1.29 is 9.84 Å². The molecule has 4 nitrogen and oxygen atoms in total. The van der Waals surface area contributed by atoms with E-state index in [-0.39, 0.29) is 10.9 Å². The number of aromatic hydroxyl groups is 1. The van der Waals surface area contributed by atoms with Crippen molar-refractivity contribution in [3.05, 3.63) is 41.2 Å². The summed E-state index contributed by atoms with van der Waals surface area (Å²) in [7, 11) is 1.62. The molecule has 0 atom stereocenters. The summed E-state index contributed by atoms with van der Waals surface area (Å²) in [4.78, 5) is 0. The normalized spacial score (nSPS) is 10.4. The Balaban J connectivity index is 2.23. The molecule has 1 N–H and O–H groups in total. The van der Waals surface area contributed by atoms with Gasteiger partial charge in [0.15, 0.2) is 10.9 Å². The van der Waals surface area contributed by atoms with E-state index >= 15 is 0 Å². The minimum absolute atomic E-state index is 0.00966. The lowest BCUT2D eigenvalue weighted by atomic mass is 10.2. The molecule has 0 unspecified atom stereocenters. The third kappa shape index (κ3) is 2.12. The third-order valence-electron chi connectivity index (χ3n) is 2.22. The van der Waals surface area contributed by atoms with Gasteiger partial charge in [0.2, 0.25) is 0 Å². The average Bonchev–Trinajstić information content (AvgIpc) is 2.61. The fourth-order valence-electron chi connectivity index (χ4n) is 1.41. The van der Waals surface area contributed by atoms with Crippen LogP contribution in [0.1, 0.15) is 5.56 Å². The molecule has 0 fully saturated rings. The van der Waals surface area contributed by atoms with E-state index in [4.69, 9.17) is 16.3 Å². The van der Waals surface area contributed by atoms with Gasteiger partial charge in [0, 0.05) is 0 Å². The van der Waals surface area contributed by atoms with Crippen LogP contribution >= 0.6 is 11.6 Å². The molecule has 0 amide bonds. The Morgan fingerprint density at radius 2 is 2.31 bits per heavy atom. The molecule has 0 radical (unpaired) electrons. The van der Waals surface area contributed by atoms with Gasteiger partial charge >= 0.3 is 0 Å². The molecule has 1 heterocycles. The lowest BCUT2D eigenvalue weighted by Crippen LogP contribution is -2.01. The summed E-state index contributed by atoms with van der Waals surface area (Å²) in [5.41, 5.74) is 1.00. The second-order valence-corrected chi connectivity index (χ2v) is 3.69. The zero-order chi connectivity index (χ0) is 11.5. The fraction of sp³-hybridized carbons (Fsp3) is 0.182. The van der Waals surface area contributed by atoms with Crippen molar-refractivity contribution in [2.75, 3.05) is 7.11 Å². The number of ether oxygens (including phenoxy) is 1. The van der Waals surface area contributed by atoms with Crippen LogP contribution < -0.4 is 4.74 Å². The summed E-state index contributed by atoms with van der Waals surface area (Å²) in [6, 6.07) is 7.60. The Hall–Kier alpha value is -1.68. The van der Waals surface area contributed by atoms with Crippen molar-refractivity contribution >= 4 is 11.6 Å². The lowest BCUT2D eigenvalue weighted by molar-refractivity contribution is 0.414. The van der Waals surface area contributed by atoms with Crippen LogP contribution in [-0.4, -0.2) is 22.0 Å². The monoisotopic (exact) mass is 238 g/mol. The van der Waals surface area contributed by atoms with Crippen molar-refractivity contribution in [2.24, 2.45) is 0 Å². The second kappa shape index (κ2) is 4.45. The van der Waals surface area contributed by atoms with Gasteiger partial charge in [-0.2, -0.15) is 5.10 Å². The molecule has 2 rings (SSSR count). The predicted molar refractivity (Wildman–Crippen MR) is 61.0 cm³/mol. The Morgan fingerprint density at radius 3 is 2.94 bits per heavy atom. The highest BCUT2D eigenvalue weighted by Crippen LogP contribution is 2.23. The quantitative estimate of drug-likeness (QED) is 0.893. The van der Waals surface area contributed by atoms with Gasteiger partial charge in [-0.3, -0.25) is 0 Å². The van der Waals surface area contributed by atoms with Crippen LogP contribution in [0.2, 0.25) is 5.15 Å². The molecule has 0 aliphatic carbocycles. The first-order valence-corrected chi connectivity index (χ1v) is 5.11. The first-order valence-electron chi connectivity index (χ1n) is 4.74. The van der Waals surface area contributed by atoms with Crippen LogP contribution in [0, 0.1) is 0 Å². The largest absolute Gasteiger partial charge is 0.504 e. The van der Waals surface area contributed by atoms with Gasteiger partial charge in [0.05, 0.1) is 19.9 Å². The Bertz CT molecular complexity index is 496. The molecule has 1 aromatic carbocycles. The van der Waals surface area contributed by atoms with Crippen molar-refractivity contribution in [3.8, 4) is 11.5 Å². The number of benzene rings is 1. The van der Waals surface area contributed by atoms with E-state index < -0.39 is 0 Å². The number of methoxy groups -OCH3 is 1. The number of rotatable bonds is 3. The summed E-state index contributed by atoms with van der Waals surface area (Å²) in [5.74, 6) is 0.773. The van der Waals surface area contributed by atoms with E-state index in [0.717, 1.165) is 11.3 Å². The molecule has 0 bridgehead atoms. The van der Waals surface area contributed by atoms with Gasteiger partial charge in [0.1, 0.15) is 5.75 Å².